The molecule has 0 spiro atoms. The number of nitrogens with one attached hydrogen (secondary N) is 1. The van der Waals surface area contributed by atoms with Gasteiger partial charge in [0.05, 0.1) is 7.11 Å². The van der Waals surface area contributed by atoms with Crippen LogP contribution in [0.25, 0.3) is 0 Å². The first kappa shape index (κ1) is 17.0. The molecule has 1 unspecified atom stereocenters. The van der Waals surface area contributed by atoms with Gasteiger partial charge in [-0.2, -0.15) is 0 Å². The van der Waals surface area contributed by atoms with Crippen molar-refractivity contribution < 1.29 is 23.9 Å². The molecule has 2 rings (SSSR count). The van der Waals surface area contributed by atoms with Gasteiger partial charge in [0, 0.05) is 12.8 Å². The Morgan fingerprint density at radius 1 is 1.22 bits per heavy atom. The number of hydrogen-bond acceptors (Lipinski definition) is 5. The molecule has 6 heteroatoms. The molecule has 0 bridgehead atoms. The van der Waals surface area contributed by atoms with Crippen LogP contribution < -0.4 is 5.32 Å². The van der Waals surface area contributed by atoms with Crippen LogP contribution in [-0.2, 0) is 25.7 Å². The number of amides is 1. The molecule has 1 aromatic rings. The quantitative estimate of drug-likeness (QED) is 0.842. The van der Waals surface area contributed by atoms with E-state index in [0.29, 0.717) is 25.7 Å². The van der Waals surface area contributed by atoms with Crippen LogP contribution in [0.15, 0.2) is 30.3 Å². The van der Waals surface area contributed by atoms with Crippen LogP contribution in [0.2, 0.25) is 0 Å². The van der Waals surface area contributed by atoms with Crippen molar-refractivity contribution in [2.45, 2.75) is 38.3 Å². The summed E-state index contributed by atoms with van der Waals surface area (Å²) in [5.41, 5.74) is 0.862. The van der Waals surface area contributed by atoms with Gasteiger partial charge in [0.25, 0.3) is 0 Å². The fourth-order valence-corrected chi connectivity index (χ4v) is 2.68. The molecule has 1 amide bonds. The molecule has 0 aliphatic heterocycles. The summed E-state index contributed by atoms with van der Waals surface area (Å²) < 4.78 is 9.90. The van der Waals surface area contributed by atoms with Crippen LogP contribution in [0.5, 0.6) is 0 Å². The van der Waals surface area contributed by atoms with Crippen LogP contribution in [-0.4, -0.2) is 31.0 Å². The normalized spacial score (nSPS) is 16.5. The minimum atomic E-state index is -0.781. The van der Waals surface area contributed by atoms with E-state index in [9.17, 15) is 14.4 Å². The molecule has 0 aromatic heterocycles. The van der Waals surface area contributed by atoms with Crippen LogP contribution in [0.3, 0.4) is 0 Å². The highest BCUT2D eigenvalue weighted by atomic mass is 16.6. The summed E-state index contributed by atoms with van der Waals surface area (Å²) in [7, 11) is 1.28. The third-order valence-electron chi connectivity index (χ3n) is 4.00. The van der Waals surface area contributed by atoms with Gasteiger partial charge in [0.1, 0.15) is 18.4 Å². The summed E-state index contributed by atoms with van der Waals surface area (Å²) in [6.07, 6.45) is 1.33. The Kier molecular flexibility index (Phi) is 6.14. The van der Waals surface area contributed by atoms with E-state index in [4.69, 9.17) is 9.47 Å². The standard InChI is InChI=1S/C17H21NO5/c1-22-16(20)15(13-7-9-14(19)10-8-13)18-17(21)23-11-12-5-3-2-4-6-12/h2-6,13,15H,7-11H2,1H3,(H,18,21). The highest BCUT2D eigenvalue weighted by Crippen LogP contribution is 2.25. The van der Waals surface area contributed by atoms with Gasteiger partial charge in [0.15, 0.2) is 0 Å². The maximum Gasteiger partial charge on any atom is 0.408 e. The lowest BCUT2D eigenvalue weighted by atomic mass is 9.83. The number of carbonyl (C=O) groups excluding carboxylic acids is 3. The molecule has 1 aromatic carbocycles. The maximum absolute atomic E-state index is 11.9. The molecule has 1 saturated carbocycles. The Balaban J connectivity index is 1.90. The third kappa shape index (κ3) is 5.09. The first-order valence-corrected chi connectivity index (χ1v) is 7.67. The predicted octanol–water partition coefficient (Wildman–Crippen LogP) is 2.21. The lowest BCUT2D eigenvalue weighted by Crippen LogP contribution is -2.47. The molecule has 1 fully saturated rings. The second kappa shape index (κ2) is 8.31. The molecule has 1 N–H and O–H groups in total. The molecule has 1 atom stereocenters. The molecular formula is C17H21NO5. The summed E-state index contributed by atoms with van der Waals surface area (Å²) in [6, 6.07) is 8.49. The van der Waals surface area contributed by atoms with Crippen LogP contribution in [0, 0.1) is 5.92 Å². The molecule has 6 nitrogen and oxygen atoms in total. The fraction of sp³-hybridized carbons (Fsp3) is 0.471. The Morgan fingerprint density at radius 2 is 1.87 bits per heavy atom. The average molecular weight is 319 g/mol. The first-order valence-electron chi connectivity index (χ1n) is 7.67. The number of methoxy groups -OCH3 is 1. The van der Waals surface area contributed by atoms with Crippen molar-refractivity contribution in [2.24, 2.45) is 5.92 Å². The number of benzene rings is 1. The number of Topliss-reactive ketones (excluding diaryl/α,β-unsaturated/α-hetero) is 1. The minimum Gasteiger partial charge on any atom is -0.467 e. The Labute approximate surface area is 135 Å². The Hall–Kier alpha value is -2.37. The van der Waals surface area contributed by atoms with Crippen molar-refractivity contribution in [3.05, 3.63) is 35.9 Å². The van der Waals surface area contributed by atoms with Crippen LogP contribution in [0.1, 0.15) is 31.2 Å². The molecule has 124 valence electrons. The molecule has 0 heterocycles. The smallest absolute Gasteiger partial charge is 0.408 e. The van der Waals surface area contributed by atoms with Gasteiger partial charge in [-0.25, -0.2) is 9.59 Å². The van der Waals surface area contributed by atoms with Crippen molar-refractivity contribution in [1.82, 2.24) is 5.32 Å². The van der Waals surface area contributed by atoms with Gasteiger partial charge in [-0.3, -0.25) is 4.79 Å². The second-order valence-corrected chi connectivity index (χ2v) is 5.58. The fourth-order valence-electron chi connectivity index (χ4n) is 2.68. The topological polar surface area (TPSA) is 81.7 Å². The average Bonchev–Trinajstić information content (AvgIpc) is 2.59. The molecule has 0 radical (unpaired) electrons. The molecular weight excluding hydrogens is 298 g/mol. The molecule has 1 aliphatic rings. The largest absolute Gasteiger partial charge is 0.467 e. The van der Waals surface area contributed by atoms with E-state index in [1.807, 2.05) is 30.3 Å². The monoisotopic (exact) mass is 319 g/mol. The number of carbonyl (C=O) groups is 3. The number of ketones is 1. The number of alkyl carbamates (subject to hydrolysis) is 1. The van der Waals surface area contributed by atoms with Gasteiger partial charge in [-0.1, -0.05) is 30.3 Å². The number of esters is 1. The summed E-state index contributed by atoms with van der Waals surface area (Å²) in [5.74, 6) is -0.429. The summed E-state index contributed by atoms with van der Waals surface area (Å²) in [4.78, 5) is 35.2. The molecule has 1 aliphatic carbocycles. The van der Waals surface area contributed by atoms with E-state index in [1.165, 1.54) is 7.11 Å². The zero-order valence-corrected chi connectivity index (χ0v) is 13.1. The van der Waals surface area contributed by atoms with Crippen molar-refractivity contribution in [1.29, 1.82) is 0 Å². The lowest BCUT2D eigenvalue weighted by molar-refractivity contribution is -0.145. The van der Waals surface area contributed by atoms with E-state index in [2.05, 4.69) is 5.32 Å². The zero-order valence-electron chi connectivity index (χ0n) is 13.1. The van der Waals surface area contributed by atoms with Gasteiger partial charge < -0.3 is 14.8 Å². The van der Waals surface area contributed by atoms with E-state index in [0.717, 1.165) is 5.56 Å². The zero-order chi connectivity index (χ0) is 16.7. The highest BCUT2D eigenvalue weighted by Gasteiger charge is 2.33. The summed E-state index contributed by atoms with van der Waals surface area (Å²) in [5, 5.41) is 2.58. The van der Waals surface area contributed by atoms with Crippen molar-refractivity contribution >= 4 is 17.8 Å². The SMILES string of the molecule is COC(=O)C(NC(=O)OCc1ccccc1)C1CCC(=O)CC1. The summed E-state index contributed by atoms with van der Waals surface area (Å²) >= 11 is 0. The molecule has 0 saturated heterocycles. The second-order valence-electron chi connectivity index (χ2n) is 5.58. The highest BCUT2D eigenvalue weighted by molar-refractivity contribution is 5.83. The maximum atomic E-state index is 11.9. The van der Waals surface area contributed by atoms with Crippen molar-refractivity contribution in [3.63, 3.8) is 0 Å². The third-order valence-corrected chi connectivity index (χ3v) is 4.00. The van der Waals surface area contributed by atoms with E-state index in [-0.39, 0.29) is 18.3 Å². The predicted molar refractivity (Wildman–Crippen MR) is 82.5 cm³/mol. The van der Waals surface area contributed by atoms with Gasteiger partial charge in [0.2, 0.25) is 0 Å². The van der Waals surface area contributed by atoms with Crippen molar-refractivity contribution in [3.8, 4) is 0 Å². The lowest BCUT2D eigenvalue weighted by Gasteiger charge is -2.28. The Bertz CT molecular complexity index is 547. The van der Waals surface area contributed by atoms with Crippen LogP contribution in [0.4, 0.5) is 4.79 Å². The van der Waals surface area contributed by atoms with E-state index in [1.54, 1.807) is 0 Å². The first-order chi connectivity index (χ1) is 11.1. The Morgan fingerprint density at radius 3 is 2.48 bits per heavy atom. The minimum absolute atomic E-state index is 0.107. The molecule has 23 heavy (non-hydrogen) atoms. The van der Waals surface area contributed by atoms with Gasteiger partial charge >= 0.3 is 12.1 Å². The number of rotatable bonds is 5. The van der Waals surface area contributed by atoms with Gasteiger partial charge in [-0.15, -0.1) is 0 Å². The van der Waals surface area contributed by atoms with E-state index < -0.39 is 18.1 Å². The summed E-state index contributed by atoms with van der Waals surface area (Å²) in [6.45, 7) is 0.129. The van der Waals surface area contributed by atoms with E-state index >= 15 is 0 Å². The number of hydrogen-bond donors (Lipinski definition) is 1. The van der Waals surface area contributed by atoms with Crippen LogP contribution >= 0.6 is 0 Å². The van der Waals surface area contributed by atoms with Gasteiger partial charge in [-0.05, 0) is 24.3 Å². The number of ether oxygens (including phenoxy) is 2. The van der Waals surface area contributed by atoms with Crippen molar-refractivity contribution in [2.75, 3.05) is 7.11 Å².